The molecule has 6 heteroatoms. The van der Waals surface area contributed by atoms with E-state index >= 15 is 0 Å². The van der Waals surface area contributed by atoms with E-state index in [0.717, 1.165) is 24.4 Å². The van der Waals surface area contributed by atoms with Crippen LogP contribution in [0.1, 0.15) is 12.8 Å². The number of nitrogens with one attached hydrogen (secondary N) is 1. The monoisotopic (exact) mass is 246 g/mol. The Balaban J connectivity index is 1.87. The van der Waals surface area contributed by atoms with Crippen LogP contribution in [-0.2, 0) is 0 Å². The van der Waals surface area contributed by atoms with Gasteiger partial charge in [0.25, 0.3) is 0 Å². The largest absolute Gasteiger partial charge is 0.382 e. The SMILES string of the molecule is CN1CCCC(Nc2nc(N)cn3ccnc23)C1. The van der Waals surface area contributed by atoms with Gasteiger partial charge in [0, 0.05) is 25.0 Å². The molecule has 1 atom stereocenters. The molecule has 0 amide bonds. The third-order valence-corrected chi connectivity index (χ3v) is 3.36. The molecule has 0 spiro atoms. The lowest BCUT2D eigenvalue weighted by atomic mass is 10.1. The quantitative estimate of drug-likeness (QED) is 0.820. The molecule has 1 aliphatic heterocycles. The van der Waals surface area contributed by atoms with Crippen LogP contribution in [0, 0.1) is 0 Å². The number of rotatable bonds is 2. The standard InChI is InChI=1S/C12H18N6/c1-17-5-2-3-9(7-17)15-11-12-14-4-6-18(12)8-10(13)16-11/h4,6,8-9H,2-3,5,7,13H2,1H3,(H,15,16). The number of likely N-dealkylation sites (tertiary alicyclic amines) is 1. The second kappa shape index (κ2) is 4.45. The minimum Gasteiger partial charge on any atom is -0.382 e. The molecule has 3 rings (SSSR count). The van der Waals surface area contributed by atoms with Gasteiger partial charge in [-0.25, -0.2) is 9.97 Å². The lowest BCUT2D eigenvalue weighted by Gasteiger charge is -2.30. The van der Waals surface area contributed by atoms with Crippen molar-refractivity contribution in [1.82, 2.24) is 19.3 Å². The second-order valence-electron chi connectivity index (χ2n) is 4.92. The van der Waals surface area contributed by atoms with E-state index in [0.29, 0.717) is 11.9 Å². The van der Waals surface area contributed by atoms with Crippen molar-refractivity contribution in [3.05, 3.63) is 18.6 Å². The first-order valence-corrected chi connectivity index (χ1v) is 6.26. The molecule has 0 aromatic carbocycles. The summed E-state index contributed by atoms with van der Waals surface area (Å²) in [5.41, 5.74) is 6.64. The Morgan fingerprint density at radius 3 is 3.22 bits per heavy atom. The molecular weight excluding hydrogens is 228 g/mol. The molecule has 3 N–H and O–H groups in total. The summed E-state index contributed by atoms with van der Waals surface area (Å²) in [5, 5.41) is 3.47. The van der Waals surface area contributed by atoms with Crippen LogP contribution < -0.4 is 11.1 Å². The first kappa shape index (κ1) is 11.3. The summed E-state index contributed by atoms with van der Waals surface area (Å²) >= 11 is 0. The Hall–Kier alpha value is -1.82. The van der Waals surface area contributed by atoms with Gasteiger partial charge < -0.3 is 20.4 Å². The van der Waals surface area contributed by atoms with E-state index in [1.165, 1.54) is 13.0 Å². The van der Waals surface area contributed by atoms with Crippen molar-refractivity contribution in [2.75, 3.05) is 31.2 Å². The highest BCUT2D eigenvalue weighted by Crippen LogP contribution is 2.18. The fraction of sp³-hybridized carbons (Fsp3) is 0.500. The van der Waals surface area contributed by atoms with E-state index in [1.54, 1.807) is 12.4 Å². The maximum atomic E-state index is 5.81. The maximum absolute atomic E-state index is 5.81. The first-order valence-electron chi connectivity index (χ1n) is 6.26. The van der Waals surface area contributed by atoms with Gasteiger partial charge in [0.1, 0.15) is 5.82 Å². The molecule has 0 radical (unpaired) electrons. The van der Waals surface area contributed by atoms with Crippen molar-refractivity contribution < 1.29 is 0 Å². The zero-order valence-corrected chi connectivity index (χ0v) is 10.5. The number of fused-ring (bicyclic) bond motifs is 1. The van der Waals surface area contributed by atoms with Crippen LogP contribution in [0.3, 0.4) is 0 Å². The van der Waals surface area contributed by atoms with Crippen molar-refractivity contribution in [3.63, 3.8) is 0 Å². The third kappa shape index (κ3) is 2.11. The van der Waals surface area contributed by atoms with Crippen molar-refractivity contribution in [3.8, 4) is 0 Å². The first-order chi connectivity index (χ1) is 8.72. The minimum atomic E-state index is 0.415. The van der Waals surface area contributed by atoms with Gasteiger partial charge in [-0.3, -0.25) is 0 Å². The molecule has 0 saturated carbocycles. The fourth-order valence-corrected chi connectivity index (χ4v) is 2.53. The number of hydrogen-bond acceptors (Lipinski definition) is 5. The summed E-state index contributed by atoms with van der Waals surface area (Å²) in [6.45, 7) is 2.20. The number of hydrogen-bond donors (Lipinski definition) is 2. The highest BCUT2D eigenvalue weighted by molar-refractivity contribution is 5.65. The summed E-state index contributed by atoms with van der Waals surface area (Å²) in [5.74, 6) is 1.28. The van der Waals surface area contributed by atoms with Gasteiger partial charge in [-0.1, -0.05) is 0 Å². The average molecular weight is 246 g/mol. The molecule has 1 unspecified atom stereocenters. The fourth-order valence-electron chi connectivity index (χ4n) is 2.53. The van der Waals surface area contributed by atoms with Gasteiger partial charge in [-0.2, -0.15) is 0 Å². The van der Waals surface area contributed by atoms with E-state index < -0.39 is 0 Å². The maximum Gasteiger partial charge on any atom is 0.180 e. The van der Waals surface area contributed by atoms with Gasteiger partial charge in [0.15, 0.2) is 11.5 Å². The van der Waals surface area contributed by atoms with E-state index in [9.17, 15) is 0 Å². The van der Waals surface area contributed by atoms with Crippen LogP contribution in [0.5, 0.6) is 0 Å². The minimum absolute atomic E-state index is 0.415. The van der Waals surface area contributed by atoms with E-state index in [2.05, 4.69) is 27.2 Å². The predicted molar refractivity (Wildman–Crippen MR) is 71.5 cm³/mol. The molecule has 0 bridgehead atoms. The topological polar surface area (TPSA) is 71.5 Å². The number of imidazole rings is 1. The van der Waals surface area contributed by atoms with Crippen LogP contribution >= 0.6 is 0 Å². The Bertz CT molecular complexity index is 548. The lowest BCUT2D eigenvalue weighted by molar-refractivity contribution is 0.261. The second-order valence-corrected chi connectivity index (χ2v) is 4.92. The normalized spacial score (nSPS) is 21.3. The third-order valence-electron chi connectivity index (χ3n) is 3.36. The summed E-state index contributed by atoms with van der Waals surface area (Å²) in [6, 6.07) is 0.415. The Morgan fingerprint density at radius 2 is 2.39 bits per heavy atom. The van der Waals surface area contributed by atoms with Gasteiger partial charge in [0.2, 0.25) is 0 Å². The van der Waals surface area contributed by atoms with E-state index in [4.69, 9.17) is 5.73 Å². The molecule has 1 saturated heterocycles. The Kier molecular flexibility index (Phi) is 2.79. The summed E-state index contributed by atoms with van der Waals surface area (Å²) < 4.78 is 1.90. The molecule has 6 nitrogen and oxygen atoms in total. The summed E-state index contributed by atoms with van der Waals surface area (Å²) in [4.78, 5) is 11.0. The van der Waals surface area contributed by atoms with Crippen LogP contribution in [-0.4, -0.2) is 45.4 Å². The zero-order valence-electron chi connectivity index (χ0n) is 10.5. The van der Waals surface area contributed by atoms with Crippen LogP contribution in [0.2, 0.25) is 0 Å². The van der Waals surface area contributed by atoms with Crippen molar-refractivity contribution in [2.45, 2.75) is 18.9 Å². The molecule has 2 aromatic rings. The van der Waals surface area contributed by atoms with E-state index in [-0.39, 0.29) is 0 Å². The number of nitrogens with two attached hydrogens (primary N) is 1. The highest BCUT2D eigenvalue weighted by atomic mass is 15.2. The predicted octanol–water partition coefficient (Wildman–Crippen LogP) is 0.818. The molecule has 96 valence electrons. The van der Waals surface area contributed by atoms with Gasteiger partial charge >= 0.3 is 0 Å². The summed E-state index contributed by atoms with van der Waals surface area (Å²) in [7, 11) is 2.14. The molecule has 1 aliphatic rings. The highest BCUT2D eigenvalue weighted by Gasteiger charge is 2.18. The van der Waals surface area contributed by atoms with Crippen LogP contribution in [0.4, 0.5) is 11.6 Å². The van der Waals surface area contributed by atoms with Gasteiger partial charge in [0.05, 0.1) is 6.20 Å². The molecule has 2 aromatic heterocycles. The molecule has 18 heavy (non-hydrogen) atoms. The van der Waals surface area contributed by atoms with Crippen molar-refractivity contribution in [1.29, 1.82) is 0 Å². The number of aromatic nitrogens is 3. The smallest absolute Gasteiger partial charge is 0.180 e. The van der Waals surface area contributed by atoms with Crippen molar-refractivity contribution in [2.24, 2.45) is 0 Å². The summed E-state index contributed by atoms with van der Waals surface area (Å²) in [6.07, 6.45) is 7.79. The average Bonchev–Trinajstić information content (AvgIpc) is 2.77. The van der Waals surface area contributed by atoms with E-state index in [1.807, 2.05) is 10.6 Å². The van der Waals surface area contributed by atoms with Crippen LogP contribution in [0.25, 0.3) is 5.65 Å². The number of anilines is 2. The number of nitrogens with zero attached hydrogens (tertiary/aromatic N) is 4. The number of piperidine rings is 1. The zero-order chi connectivity index (χ0) is 12.5. The van der Waals surface area contributed by atoms with Crippen molar-refractivity contribution >= 4 is 17.3 Å². The molecule has 1 fully saturated rings. The van der Waals surface area contributed by atoms with Crippen LogP contribution in [0.15, 0.2) is 18.6 Å². The molecule has 0 aliphatic carbocycles. The lowest BCUT2D eigenvalue weighted by Crippen LogP contribution is -2.40. The Labute approximate surface area is 106 Å². The number of likely N-dealkylation sites (N-methyl/N-ethyl adjacent to an activating group) is 1. The number of nitrogen functional groups attached to an aromatic ring is 1. The Morgan fingerprint density at radius 1 is 1.50 bits per heavy atom. The molecular formula is C12H18N6. The van der Waals surface area contributed by atoms with Gasteiger partial charge in [-0.05, 0) is 26.4 Å². The van der Waals surface area contributed by atoms with Gasteiger partial charge in [-0.15, -0.1) is 0 Å². The molecule has 3 heterocycles.